The van der Waals surface area contributed by atoms with E-state index < -0.39 is 0 Å². The minimum absolute atomic E-state index is 0.511. The van der Waals surface area contributed by atoms with Crippen molar-refractivity contribution in [1.29, 1.82) is 0 Å². The van der Waals surface area contributed by atoms with Gasteiger partial charge in [0.1, 0.15) is 6.61 Å². The van der Waals surface area contributed by atoms with Gasteiger partial charge in [0, 0.05) is 22.6 Å². The van der Waals surface area contributed by atoms with Crippen LogP contribution in [0.2, 0.25) is 0 Å². The van der Waals surface area contributed by atoms with Crippen LogP contribution in [0.15, 0.2) is 46.9 Å². The fraction of sp³-hybridized carbons (Fsp3) is 0.353. The van der Waals surface area contributed by atoms with Crippen molar-refractivity contribution >= 4 is 15.9 Å². The lowest BCUT2D eigenvalue weighted by Crippen LogP contribution is -2.19. The van der Waals surface area contributed by atoms with Crippen molar-refractivity contribution in [3.63, 3.8) is 0 Å². The highest BCUT2D eigenvalue weighted by molar-refractivity contribution is 9.10. The molecule has 0 fully saturated rings. The molecule has 0 atom stereocenters. The Morgan fingerprint density at radius 2 is 1.95 bits per heavy atom. The second-order valence-electron chi connectivity index (χ2n) is 5.37. The maximum atomic E-state index is 5.77. The van der Waals surface area contributed by atoms with E-state index in [2.05, 4.69) is 40.1 Å². The Balaban J connectivity index is 1.90. The first kappa shape index (κ1) is 16.0. The second kappa shape index (κ2) is 8.15. The molecular weight excluding hydrogens is 328 g/mol. The van der Waals surface area contributed by atoms with Crippen molar-refractivity contribution in [1.82, 2.24) is 10.3 Å². The van der Waals surface area contributed by atoms with Gasteiger partial charge in [0.15, 0.2) is 0 Å². The highest BCUT2D eigenvalue weighted by atomic mass is 79.9. The number of halogens is 1. The first-order valence-corrected chi connectivity index (χ1v) is 7.97. The van der Waals surface area contributed by atoms with Gasteiger partial charge in [-0.3, -0.25) is 0 Å². The number of hydrogen-bond donors (Lipinski definition) is 1. The van der Waals surface area contributed by atoms with E-state index in [1.54, 1.807) is 0 Å². The molecule has 0 aliphatic carbocycles. The maximum absolute atomic E-state index is 5.77. The number of pyridine rings is 1. The molecule has 1 heterocycles. The molecule has 0 bridgehead atoms. The molecule has 0 radical (unpaired) electrons. The molecule has 2 rings (SSSR count). The number of nitrogens with zero attached hydrogens (tertiary/aromatic N) is 1. The van der Waals surface area contributed by atoms with Gasteiger partial charge in [-0.15, -0.1) is 0 Å². The van der Waals surface area contributed by atoms with Gasteiger partial charge >= 0.3 is 0 Å². The predicted molar refractivity (Wildman–Crippen MR) is 89.3 cm³/mol. The van der Waals surface area contributed by atoms with Crippen molar-refractivity contribution in [3.8, 4) is 5.88 Å². The summed E-state index contributed by atoms with van der Waals surface area (Å²) in [6.07, 6.45) is 0. The smallest absolute Gasteiger partial charge is 0.213 e. The fourth-order valence-corrected chi connectivity index (χ4v) is 2.29. The number of aromatic nitrogens is 1. The van der Waals surface area contributed by atoms with Crippen LogP contribution in [-0.2, 0) is 13.2 Å². The molecule has 1 aromatic heterocycles. The lowest BCUT2D eigenvalue weighted by Gasteiger charge is -2.10. The van der Waals surface area contributed by atoms with E-state index in [0.29, 0.717) is 18.4 Å². The zero-order valence-electron chi connectivity index (χ0n) is 12.5. The van der Waals surface area contributed by atoms with E-state index in [1.165, 1.54) is 0 Å². The van der Waals surface area contributed by atoms with Gasteiger partial charge in [-0.1, -0.05) is 54.0 Å². The summed E-state index contributed by atoms with van der Waals surface area (Å²) in [6, 6.07) is 13.9. The SMILES string of the molecule is CC(C)CNCc1cccc(OCc2ccccc2Br)n1. The Kier molecular flexibility index (Phi) is 6.21. The van der Waals surface area contributed by atoms with Crippen molar-refractivity contribution in [2.75, 3.05) is 6.54 Å². The molecule has 1 aromatic carbocycles. The fourth-order valence-electron chi connectivity index (χ4n) is 1.89. The standard InChI is InChI=1S/C17H21BrN2O/c1-13(2)10-19-11-15-7-5-9-17(20-15)21-12-14-6-3-4-8-16(14)18/h3-9,13,19H,10-12H2,1-2H3. The monoisotopic (exact) mass is 348 g/mol. The van der Waals surface area contributed by atoms with E-state index >= 15 is 0 Å². The van der Waals surface area contributed by atoms with Gasteiger partial charge in [0.05, 0.1) is 5.69 Å². The lowest BCUT2D eigenvalue weighted by molar-refractivity contribution is 0.292. The van der Waals surface area contributed by atoms with E-state index in [9.17, 15) is 0 Å². The number of benzene rings is 1. The van der Waals surface area contributed by atoms with Crippen molar-refractivity contribution in [3.05, 3.63) is 58.2 Å². The molecule has 2 aromatic rings. The number of hydrogen-bond acceptors (Lipinski definition) is 3. The third kappa shape index (κ3) is 5.48. The lowest BCUT2D eigenvalue weighted by atomic mass is 10.2. The third-order valence-electron chi connectivity index (χ3n) is 2.97. The average molecular weight is 349 g/mol. The van der Waals surface area contributed by atoms with Crippen molar-refractivity contribution in [2.24, 2.45) is 5.92 Å². The second-order valence-corrected chi connectivity index (χ2v) is 6.23. The third-order valence-corrected chi connectivity index (χ3v) is 3.75. The van der Waals surface area contributed by atoms with E-state index in [4.69, 9.17) is 4.74 Å². The molecule has 3 nitrogen and oxygen atoms in total. The Morgan fingerprint density at radius 1 is 1.14 bits per heavy atom. The topological polar surface area (TPSA) is 34.1 Å². The Hall–Kier alpha value is -1.39. The average Bonchev–Trinajstić information content (AvgIpc) is 2.46. The predicted octanol–water partition coefficient (Wildman–Crippen LogP) is 4.17. The summed E-state index contributed by atoms with van der Waals surface area (Å²) in [5, 5.41) is 3.39. The van der Waals surface area contributed by atoms with Gasteiger partial charge in [-0.05, 0) is 24.6 Å². The summed E-state index contributed by atoms with van der Waals surface area (Å²) in [5.74, 6) is 1.30. The van der Waals surface area contributed by atoms with Crippen molar-refractivity contribution < 1.29 is 4.74 Å². The Labute approximate surface area is 134 Å². The highest BCUT2D eigenvalue weighted by Gasteiger charge is 2.02. The maximum Gasteiger partial charge on any atom is 0.213 e. The summed E-state index contributed by atoms with van der Waals surface area (Å²) in [5.41, 5.74) is 2.11. The summed E-state index contributed by atoms with van der Waals surface area (Å²) >= 11 is 3.52. The molecule has 0 aliphatic heterocycles. The minimum atomic E-state index is 0.511. The molecule has 4 heteroatoms. The zero-order chi connectivity index (χ0) is 15.1. The van der Waals surface area contributed by atoms with Crippen LogP contribution >= 0.6 is 15.9 Å². The van der Waals surface area contributed by atoms with Crippen LogP contribution in [0, 0.1) is 5.92 Å². The van der Waals surface area contributed by atoms with Crippen LogP contribution in [0.1, 0.15) is 25.1 Å². The number of nitrogens with one attached hydrogen (secondary N) is 1. The molecule has 0 unspecified atom stereocenters. The molecule has 0 spiro atoms. The molecule has 0 saturated heterocycles. The molecule has 1 N–H and O–H groups in total. The summed E-state index contributed by atoms with van der Waals surface area (Å²) in [4.78, 5) is 4.51. The number of rotatable bonds is 7. The van der Waals surface area contributed by atoms with Gasteiger partial charge in [0.25, 0.3) is 0 Å². The van der Waals surface area contributed by atoms with E-state index in [0.717, 1.165) is 28.8 Å². The number of ether oxygens (including phenoxy) is 1. The Morgan fingerprint density at radius 3 is 2.71 bits per heavy atom. The van der Waals surface area contributed by atoms with Gasteiger partial charge in [-0.25, -0.2) is 4.98 Å². The first-order chi connectivity index (χ1) is 10.1. The molecular formula is C17H21BrN2O. The summed E-state index contributed by atoms with van der Waals surface area (Å²) < 4.78 is 6.83. The first-order valence-electron chi connectivity index (χ1n) is 7.18. The van der Waals surface area contributed by atoms with E-state index in [1.807, 2.05) is 42.5 Å². The molecule has 0 saturated carbocycles. The molecule has 0 aliphatic rings. The van der Waals surface area contributed by atoms with Gasteiger partial charge < -0.3 is 10.1 Å². The van der Waals surface area contributed by atoms with E-state index in [-0.39, 0.29) is 0 Å². The quantitative estimate of drug-likeness (QED) is 0.815. The van der Waals surface area contributed by atoms with Gasteiger partial charge in [-0.2, -0.15) is 0 Å². The van der Waals surface area contributed by atoms with Crippen LogP contribution in [0.4, 0.5) is 0 Å². The normalized spacial score (nSPS) is 10.9. The Bertz CT molecular complexity index is 572. The molecule has 0 amide bonds. The minimum Gasteiger partial charge on any atom is -0.473 e. The van der Waals surface area contributed by atoms with Crippen LogP contribution in [-0.4, -0.2) is 11.5 Å². The van der Waals surface area contributed by atoms with Crippen LogP contribution in [0.3, 0.4) is 0 Å². The summed E-state index contributed by atoms with van der Waals surface area (Å²) in [7, 11) is 0. The summed E-state index contributed by atoms with van der Waals surface area (Å²) in [6.45, 7) is 6.65. The van der Waals surface area contributed by atoms with Gasteiger partial charge in [0.2, 0.25) is 5.88 Å². The molecule has 21 heavy (non-hydrogen) atoms. The van der Waals surface area contributed by atoms with Crippen LogP contribution in [0.25, 0.3) is 0 Å². The van der Waals surface area contributed by atoms with Crippen molar-refractivity contribution in [2.45, 2.75) is 27.0 Å². The van der Waals surface area contributed by atoms with Crippen LogP contribution < -0.4 is 10.1 Å². The highest BCUT2D eigenvalue weighted by Crippen LogP contribution is 2.18. The largest absolute Gasteiger partial charge is 0.473 e. The molecule has 112 valence electrons. The zero-order valence-corrected chi connectivity index (χ0v) is 14.1. The van der Waals surface area contributed by atoms with Crippen LogP contribution in [0.5, 0.6) is 5.88 Å².